The van der Waals surface area contributed by atoms with Crippen LogP contribution in [0.3, 0.4) is 0 Å². The maximum absolute atomic E-state index is 14.3. The molecule has 4 rings (SSSR count). The molecule has 1 aliphatic heterocycles. The van der Waals surface area contributed by atoms with Crippen LogP contribution < -0.4 is 0 Å². The molecular weight excluding hydrogens is 427 g/mol. The Morgan fingerprint density at radius 2 is 1.85 bits per heavy atom. The highest BCUT2D eigenvalue weighted by Crippen LogP contribution is 2.34. The van der Waals surface area contributed by atoms with Gasteiger partial charge in [0.05, 0.1) is 17.2 Å². The Kier molecular flexibility index (Phi) is 6.11. The second-order valence-electron chi connectivity index (χ2n) is 9.52. The predicted molar refractivity (Wildman–Crippen MR) is 117 cm³/mol. The molecule has 0 unspecified atom stereocenters. The first-order valence-electron chi connectivity index (χ1n) is 11.1. The number of carbonyl (C=O) groups excluding carboxylic acids is 2. The van der Waals surface area contributed by atoms with Gasteiger partial charge in [0.2, 0.25) is 0 Å². The number of likely N-dealkylation sites (tertiary alicyclic amines) is 1. The summed E-state index contributed by atoms with van der Waals surface area (Å²) in [5.74, 6) is -0.731. The monoisotopic (exact) mass is 454 g/mol. The number of nitrogens with zero attached hydrogens (tertiary/aromatic N) is 4. The van der Waals surface area contributed by atoms with E-state index in [1.54, 1.807) is 4.90 Å². The van der Waals surface area contributed by atoms with Gasteiger partial charge in [-0.25, -0.2) is 9.18 Å². The largest absolute Gasteiger partial charge is 0.444 e. The van der Waals surface area contributed by atoms with Crippen molar-refractivity contribution < 1.29 is 23.2 Å². The standard InChI is InChI=1S/C24H27FN4O4/c1-24(2,3)32-23(31)28-10-8-17(9-11-28)29(16-5-6-16)22(30)20-13-21(33-27-20)18-7-4-15(14-26)12-19(18)25/h4,7,12-13,16-17H,5-6,8-11H2,1-3H3. The highest BCUT2D eigenvalue weighted by molar-refractivity contribution is 5.93. The summed E-state index contributed by atoms with van der Waals surface area (Å²) in [7, 11) is 0. The molecule has 174 valence electrons. The molecule has 2 amide bonds. The summed E-state index contributed by atoms with van der Waals surface area (Å²) < 4.78 is 25.1. The third-order valence-electron chi connectivity index (χ3n) is 5.78. The lowest BCUT2D eigenvalue weighted by Crippen LogP contribution is -2.50. The summed E-state index contributed by atoms with van der Waals surface area (Å²) in [6.07, 6.45) is 2.81. The maximum Gasteiger partial charge on any atom is 0.410 e. The van der Waals surface area contributed by atoms with Gasteiger partial charge in [-0.2, -0.15) is 5.26 Å². The molecule has 1 aliphatic carbocycles. The summed E-state index contributed by atoms with van der Waals surface area (Å²) in [5, 5.41) is 12.8. The fourth-order valence-corrected chi connectivity index (χ4v) is 4.06. The van der Waals surface area contributed by atoms with E-state index in [9.17, 15) is 14.0 Å². The Hall–Kier alpha value is -3.41. The smallest absolute Gasteiger partial charge is 0.410 e. The van der Waals surface area contributed by atoms with E-state index in [-0.39, 0.29) is 46.7 Å². The Morgan fingerprint density at radius 1 is 1.18 bits per heavy atom. The number of piperidine rings is 1. The Bertz CT molecular complexity index is 1090. The molecule has 1 aromatic heterocycles. The van der Waals surface area contributed by atoms with Gasteiger partial charge in [0.15, 0.2) is 11.5 Å². The molecule has 9 heteroatoms. The Balaban J connectivity index is 1.45. The second-order valence-corrected chi connectivity index (χ2v) is 9.52. The minimum atomic E-state index is -0.613. The van der Waals surface area contributed by atoms with Crippen LogP contribution in [-0.2, 0) is 4.74 Å². The van der Waals surface area contributed by atoms with Crippen molar-refractivity contribution in [2.45, 2.75) is 64.1 Å². The van der Waals surface area contributed by atoms with E-state index < -0.39 is 11.4 Å². The highest BCUT2D eigenvalue weighted by Gasteiger charge is 2.40. The van der Waals surface area contributed by atoms with E-state index in [2.05, 4.69) is 5.16 Å². The molecule has 1 saturated carbocycles. The van der Waals surface area contributed by atoms with E-state index in [1.165, 1.54) is 18.2 Å². The van der Waals surface area contributed by atoms with Gasteiger partial charge in [0, 0.05) is 31.2 Å². The molecule has 0 N–H and O–H groups in total. The van der Waals surface area contributed by atoms with Crippen molar-refractivity contribution in [1.29, 1.82) is 5.26 Å². The van der Waals surface area contributed by atoms with E-state index in [0.717, 1.165) is 18.9 Å². The molecule has 33 heavy (non-hydrogen) atoms. The highest BCUT2D eigenvalue weighted by atomic mass is 19.1. The van der Waals surface area contributed by atoms with Gasteiger partial charge in [-0.15, -0.1) is 0 Å². The van der Waals surface area contributed by atoms with Crippen molar-refractivity contribution >= 4 is 12.0 Å². The van der Waals surface area contributed by atoms with Crippen molar-refractivity contribution in [2.75, 3.05) is 13.1 Å². The fraction of sp³-hybridized carbons (Fsp3) is 0.500. The number of rotatable bonds is 4. The molecule has 0 radical (unpaired) electrons. The van der Waals surface area contributed by atoms with Gasteiger partial charge >= 0.3 is 6.09 Å². The molecule has 1 saturated heterocycles. The molecule has 2 aliphatic rings. The molecule has 2 heterocycles. The van der Waals surface area contributed by atoms with Crippen LogP contribution in [0.15, 0.2) is 28.8 Å². The summed E-state index contributed by atoms with van der Waals surface area (Å²) in [4.78, 5) is 29.2. The average Bonchev–Trinajstić information content (AvgIpc) is 3.47. The van der Waals surface area contributed by atoms with Crippen LogP contribution in [0.2, 0.25) is 0 Å². The molecule has 0 spiro atoms. The molecule has 8 nitrogen and oxygen atoms in total. The van der Waals surface area contributed by atoms with E-state index in [1.807, 2.05) is 31.7 Å². The van der Waals surface area contributed by atoms with E-state index in [4.69, 9.17) is 14.5 Å². The topological polar surface area (TPSA) is 99.7 Å². The fourth-order valence-electron chi connectivity index (χ4n) is 4.06. The summed E-state index contributed by atoms with van der Waals surface area (Å²) in [5.41, 5.74) is -0.0904. The summed E-state index contributed by atoms with van der Waals surface area (Å²) >= 11 is 0. The van der Waals surface area contributed by atoms with Crippen molar-refractivity contribution in [3.8, 4) is 17.4 Å². The predicted octanol–water partition coefficient (Wildman–Crippen LogP) is 4.36. The third kappa shape index (κ3) is 5.16. The lowest BCUT2D eigenvalue weighted by Gasteiger charge is -2.38. The average molecular weight is 455 g/mol. The molecule has 0 bridgehead atoms. The van der Waals surface area contributed by atoms with Gasteiger partial charge < -0.3 is 19.1 Å². The van der Waals surface area contributed by atoms with E-state index >= 15 is 0 Å². The van der Waals surface area contributed by atoms with Crippen LogP contribution in [0.5, 0.6) is 0 Å². The SMILES string of the molecule is CC(C)(C)OC(=O)N1CCC(N(C(=O)c2cc(-c3ccc(C#N)cc3F)on2)C2CC2)CC1. The zero-order valence-corrected chi connectivity index (χ0v) is 19.0. The van der Waals surface area contributed by atoms with Crippen molar-refractivity contribution in [3.05, 3.63) is 41.3 Å². The molecule has 2 fully saturated rings. The zero-order valence-electron chi connectivity index (χ0n) is 19.0. The number of hydrogen-bond donors (Lipinski definition) is 0. The lowest BCUT2D eigenvalue weighted by molar-refractivity contribution is 0.0141. The second kappa shape index (κ2) is 8.85. The molecule has 1 aromatic carbocycles. The molecule has 2 aromatic rings. The number of halogens is 1. The first kappa shape index (κ1) is 22.8. The zero-order chi connectivity index (χ0) is 23.8. The van der Waals surface area contributed by atoms with Gasteiger partial charge in [-0.05, 0) is 64.7 Å². The number of amides is 2. The van der Waals surface area contributed by atoms with Crippen molar-refractivity contribution in [3.63, 3.8) is 0 Å². The normalized spacial score (nSPS) is 16.9. The van der Waals surface area contributed by atoms with Crippen molar-refractivity contribution in [2.24, 2.45) is 0 Å². The minimum Gasteiger partial charge on any atom is -0.444 e. The summed E-state index contributed by atoms with van der Waals surface area (Å²) in [6, 6.07) is 7.49. The van der Waals surface area contributed by atoms with Crippen LogP contribution in [0, 0.1) is 17.1 Å². The number of benzene rings is 1. The minimum absolute atomic E-state index is 0.0181. The number of aromatic nitrogens is 1. The molecular formula is C24H27FN4O4. The third-order valence-corrected chi connectivity index (χ3v) is 5.78. The van der Waals surface area contributed by atoms with Crippen LogP contribution in [0.25, 0.3) is 11.3 Å². The van der Waals surface area contributed by atoms with E-state index in [0.29, 0.717) is 25.9 Å². The van der Waals surface area contributed by atoms with Gasteiger partial charge in [-0.1, -0.05) is 5.16 Å². The van der Waals surface area contributed by atoms with Gasteiger partial charge in [0.25, 0.3) is 5.91 Å². The van der Waals surface area contributed by atoms with Crippen molar-refractivity contribution in [1.82, 2.24) is 15.0 Å². The first-order chi connectivity index (χ1) is 15.7. The number of carbonyl (C=O) groups is 2. The number of hydrogen-bond acceptors (Lipinski definition) is 6. The Labute approximate surface area is 191 Å². The quantitative estimate of drug-likeness (QED) is 0.681. The van der Waals surface area contributed by atoms with Gasteiger partial charge in [-0.3, -0.25) is 4.79 Å². The van der Waals surface area contributed by atoms with Crippen LogP contribution in [0.1, 0.15) is 62.5 Å². The summed E-state index contributed by atoms with van der Waals surface area (Å²) in [6.45, 7) is 6.52. The first-order valence-corrected chi connectivity index (χ1v) is 11.1. The van der Waals surface area contributed by atoms with Crippen LogP contribution in [-0.4, -0.2) is 57.7 Å². The number of ether oxygens (including phenoxy) is 1. The maximum atomic E-state index is 14.3. The Morgan fingerprint density at radius 3 is 2.42 bits per heavy atom. The van der Waals surface area contributed by atoms with Crippen LogP contribution >= 0.6 is 0 Å². The van der Waals surface area contributed by atoms with Crippen LogP contribution in [0.4, 0.5) is 9.18 Å². The lowest BCUT2D eigenvalue weighted by atomic mass is 10.0. The molecule has 0 atom stereocenters. The number of nitriles is 1. The van der Waals surface area contributed by atoms with Gasteiger partial charge in [0.1, 0.15) is 11.4 Å².